The highest BCUT2D eigenvalue weighted by Crippen LogP contribution is 2.29. The predicted molar refractivity (Wildman–Crippen MR) is 76.5 cm³/mol. The second-order valence-electron chi connectivity index (χ2n) is 5.14. The van der Waals surface area contributed by atoms with Gasteiger partial charge in [0.2, 0.25) is 0 Å². The van der Waals surface area contributed by atoms with Crippen LogP contribution in [0.5, 0.6) is 0 Å². The minimum absolute atomic E-state index is 0.423. The fourth-order valence-corrected chi connectivity index (χ4v) is 2.86. The highest BCUT2D eigenvalue weighted by atomic mass is 35.5. The molecule has 1 saturated heterocycles. The number of nitrogens with one attached hydrogen (secondary N) is 1. The lowest BCUT2D eigenvalue weighted by Crippen LogP contribution is -2.33. The summed E-state index contributed by atoms with van der Waals surface area (Å²) >= 11 is 6.18. The van der Waals surface area contributed by atoms with Gasteiger partial charge in [-0.25, -0.2) is 0 Å². The van der Waals surface area contributed by atoms with Gasteiger partial charge in [0, 0.05) is 30.1 Å². The lowest BCUT2D eigenvalue weighted by molar-refractivity contribution is 0.178. The van der Waals surface area contributed by atoms with Gasteiger partial charge in [0.15, 0.2) is 5.22 Å². The third-order valence-corrected chi connectivity index (χ3v) is 4.23. The number of benzene rings is 1. The quantitative estimate of drug-likeness (QED) is 0.929. The molecule has 4 heteroatoms. The molecule has 19 heavy (non-hydrogen) atoms. The summed E-state index contributed by atoms with van der Waals surface area (Å²) in [4.78, 5) is 0. The van der Waals surface area contributed by atoms with E-state index in [1.54, 1.807) is 0 Å². The Balaban J connectivity index is 1.72. The monoisotopic (exact) mass is 279 g/mol. The molecule has 3 rings (SSSR count). The first kappa shape index (κ1) is 13.0. The van der Waals surface area contributed by atoms with Crippen LogP contribution in [0.15, 0.2) is 28.7 Å². The van der Waals surface area contributed by atoms with Crippen LogP contribution in [-0.2, 0) is 11.3 Å². The normalized spacial score (nSPS) is 21.1. The van der Waals surface area contributed by atoms with E-state index in [1.165, 1.54) is 0 Å². The molecule has 0 amide bonds. The summed E-state index contributed by atoms with van der Waals surface area (Å²) in [5.74, 6) is 0.594. The van der Waals surface area contributed by atoms with E-state index >= 15 is 0 Å². The minimum Gasteiger partial charge on any atom is -0.444 e. The highest BCUT2D eigenvalue weighted by Gasteiger charge is 2.22. The average Bonchev–Trinajstić information content (AvgIpc) is 3.03. The lowest BCUT2D eigenvalue weighted by atomic mass is 10.0. The van der Waals surface area contributed by atoms with Crippen molar-refractivity contribution in [1.29, 1.82) is 0 Å². The molecular formula is C15H18ClNO2. The highest BCUT2D eigenvalue weighted by molar-refractivity contribution is 6.30. The largest absolute Gasteiger partial charge is 0.444 e. The van der Waals surface area contributed by atoms with Crippen LogP contribution in [0, 0.1) is 5.92 Å². The zero-order valence-corrected chi connectivity index (χ0v) is 11.7. The van der Waals surface area contributed by atoms with Gasteiger partial charge in [-0.1, -0.05) is 18.2 Å². The summed E-state index contributed by atoms with van der Waals surface area (Å²) < 4.78 is 11.0. The SMILES string of the molecule is CC(NCc1c(Cl)oc2ccccc12)C1CCOC1. The van der Waals surface area contributed by atoms with Gasteiger partial charge in [-0.3, -0.25) is 0 Å². The Morgan fingerprint density at radius 3 is 3.05 bits per heavy atom. The van der Waals surface area contributed by atoms with Crippen LogP contribution in [0.3, 0.4) is 0 Å². The molecule has 2 unspecified atom stereocenters. The molecule has 0 aliphatic carbocycles. The number of halogens is 1. The van der Waals surface area contributed by atoms with Crippen molar-refractivity contribution in [2.75, 3.05) is 13.2 Å². The standard InChI is InChI=1S/C15H18ClNO2/c1-10(11-6-7-18-9-11)17-8-13-12-4-2-3-5-14(12)19-15(13)16/h2-5,10-11,17H,6-9H2,1H3. The maximum absolute atomic E-state index is 6.18. The van der Waals surface area contributed by atoms with E-state index in [0.29, 0.717) is 17.2 Å². The van der Waals surface area contributed by atoms with Gasteiger partial charge in [0.25, 0.3) is 0 Å². The van der Waals surface area contributed by atoms with Crippen LogP contribution >= 0.6 is 11.6 Å². The van der Waals surface area contributed by atoms with Crippen molar-refractivity contribution >= 4 is 22.6 Å². The van der Waals surface area contributed by atoms with E-state index in [0.717, 1.165) is 42.7 Å². The van der Waals surface area contributed by atoms with Crippen molar-refractivity contribution in [2.45, 2.75) is 25.9 Å². The molecule has 0 saturated carbocycles. The number of hydrogen-bond acceptors (Lipinski definition) is 3. The number of furan rings is 1. The number of rotatable bonds is 4. The second kappa shape index (κ2) is 5.53. The Morgan fingerprint density at radius 2 is 2.26 bits per heavy atom. The van der Waals surface area contributed by atoms with Gasteiger partial charge in [0.1, 0.15) is 5.58 Å². The van der Waals surface area contributed by atoms with Gasteiger partial charge in [-0.15, -0.1) is 0 Å². The smallest absolute Gasteiger partial charge is 0.199 e. The Labute approximate surface area is 117 Å². The Morgan fingerprint density at radius 1 is 1.42 bits per heavy atom. The first-order chi connectivity index (χ1) is 9.25. The summed E-state index contributed by atoms with van der Waals surface area (Å²) in [6, 6.07) is 8.38. The topological polar surface area (TPSA) is 34.4 Å². The first-order valence-corrected chi connectivity index (χ1v) is 7.10. The molecule has 1 fully saturated rings. The molecule has 2 aromatic rings. The molecule has 2 heterocycles. The maximum atomic E-state index is 6.18. The van der Waals surface area contributed by atoms with E-state index in [4.69, 9.17) is 20.8 Å². The van der Waals surface area contributed by atoms with Gasteiger partial charge in [-0.05, 0) is 36.9 Å². The summed E-state index contributed by atoms with van der Waals surface area (Å²) in [5, 5.41) is 5.12. The lowest BCUT2D eigenvalue weighted by Gasteiger charge is -2.19. The fraction of sp³-hybridized carbons (Fsp3) is 0.467. The van der Waals surface area contributed by atoms with E-state index in [2.05, 4.69) is 12.2 Å². The van der Waals surface area contributed by atoms with Crippen molar-refractivity contribution in [3.63, 3.8) is 0 Å². The summed E-state index contributed by atoms with van der Waals surface area (Å²) in [5.41, 5.74) is 1.89. The first-order valence-electron chi connectivity index (χ1n) is 6.72. The molecule has 3 nitrogen and oxygen atoms in total. The van der Waals surface area contributed by atoms with E-state index in [-0.39, 0.29) is 0 Å². The van der Waals surface area contributed by atoms with Crippen molar-refractivity contribution in [3.8, 4) is 0 Å². The summed E-state index contributed by atoms with van der Waals surface area (Å²) in [7, 11) is 0. The average molecular weight is 280 g/mol. The zero-order chi connectivity index (χ0) is 13.2. The summed E-state index contributed by atoms with van der Waals surface area (Å²) in [6.07, 6.45) is 1.13. The summed E-state index contributed by atoms with van der Waals surface area (Å²) in [6.45, 7) is 4.67. The third kappa shape index (κ3) is 2.64. The second-order valence-corrected chi connectivity index (χ2v) is 5.49. The van der Waals surface area contributed by atoms with Gasteiger partial charge < -0.3 is 14.5 Å². The maximum Gasteiger partial charge on any atom is 0.199 e. The molecule has 1 aromatic carbocycles. The molecule has 102 valence electrons. The molecule has 0 spiro atoms. The molecule has 1 N–H and O–H groups in total. The Hall–Kier alpha value is -1.03. The number of hydrogen-bond donors (Lipinski definition) is 1. The van der Waals surface area contributed by atoms with Crippen LogP contribution < -0.4 is 5.32 Å². The predicted octanol–water partition coefficient (Wildman–Crippen LogP) is 3.60. The molecule has 1 aromatic heterocycles. The zero-order valence-electron chi connectivity index (χ0n) is 11.0. The van der Waals surface area contributed by atoms with Gasteiger partial charge in [0.05, 0.1) is 6.61 Å². The molecular weight excluding hydrogens is 262 g/mol. The van der Waals surface area contributed by atoms with Crippen molar-refractivity contribution in [3.05, 3.63) is 35.0 Å². The van der Waals surface area contributed by atoms with Crippen LogP contribution in [0.2, 0.25) is 5.22 Å². The molecule has 0 radical (unpaired) electrons. The van der Waals surface area contributed by atoms with E-state index in [9.17, 15) is 0 Å². The molecule has 1 aliphatic rings. The van der Waals surface area contributed by atoms with Crippen molar-refractivity contribution in [2.24, 2.45) is 5.92 Å². The van der Waals surface area contributed by atoms with Crippen LogP contribution in [-0.4, -0.2) is 19.3 Å². The van der Waals surface area contributed by atoms with Crippen molar-refractivity contribution in [1.82, 2.24) is 5.32 Å². The van der Waals surface area contributed by atoms with Crippen LogP contribution in [0.25, 0.3) is 11.0 Å². The third-order valence-electron chi connectivity index (χ3n) is 3.92. The fourth-order valence-electron chi connectivity index (χ4n) is 2.61. The number of para-hydroxylation sites is 1. The van der Waals surface area contributed by atoms with Gasteiger partial charge >= 0.3 is 0 Å². The Bertz CT molecular complexity index is 560. The molecule has 0 bridgehead atoms. The van der Waals surface area contributed by atoms with Gasteiger partial charge in [-0.2, -0.15) is 0 Å². The minimum atomic E-state index is 0.423. The van der Waals surface area contributed by atoms with E-state index < -0.39 is 0 Å². The molecule has 2 atom stereocenters. The van der Waals surface area contributed by atoms with Crippen LogP contribution in [0.4, 0.5) is 0 Å². The number of fused-ring (bicyclic) bond motifs is 1. The number of ether oxygens (including phenoxy) is 1. The van der Waals surface area contributed by atoms with Crippen molar-refractivity contribution < 1.29 is 9.15 Å². The Kier molecular flexibility index (Phi) is 3.78. The molecule has 1 aliphatic heterocycles. The van der Waals surface area contributed by atoms with Crippen LogP contribution in [0.1, 0.15) is 18.9 Å². The van der Waals surface area contributed by atoms with E-state index in [1.807, 2.05) is 24.3 Å².